The van der Waals surface area contributed by atoms with Crippen molar-refractivity contribution >= 4 is 23.1 Å². The van der Waals surface area contributed by atoms with E-state index in [0.29, 0.717) is 47.7 Å². The van der Waals surface area contributed by atoms with Gasteiger partial charge < -0.3 is 33.7 Å². The number of ether oxygens (including phenoxy) is 4. The lowest BCUT2D eigenvalue weighted by Gasteiger charge is -2.31. The largest absolute Gasteiger partial charge is 0.493 e. The van der Waals surface area contributed by atoms with Gasteiger partial charge in [0.1, 0.15) is 0 Å². The van der Waals surface area contributed by atoms with E-state index < -0.39 is 6.09 Å². The van der Waals surface area contributed by atoms with Crippen molar-refractivity contribution in [2.45, 2.75) is 25.4 Å². The van der Waals surface area contributed by atoms with Crippen molar-refractivity contribution in [2.24, 2.45) is 4.99 Å². The highest BCUT2D eigenvalue weighted by Gasteiger charge is 2.36. The average Bonchev–Trinajstić information content (AvgIpc) is 3.29. The molecular weight excluding hydrogens is 452 g/mol. The Kier molecular flexibility index (Phi) is 5.98. The average molecular weight is 481 g/mol. The van der Waals surface area contributed by atoms with Gasteiger partial charge >= 0.3 is 6.09 Å². The Morgan fingerprint density at radius 1 is 1.20 bits per heavy atom. The molecule has 3 heterocycles. The smallest absolute Gasteiger partial charge is 0.412 e. The number of hydrogen-bond donors (Lipinski definition) is 1. The Morgan fingerprint density at radius 3 is 2.66 bits per heavy atom. The third kappa shape index (κ3) is 4.03. The Hall–Kier alpha value is -3.79. The fourth-order valence-electron chi connectivity index (χ4n) is 4.65. The summed E-state index contributed by atoms with van der Waals surface area (Å²) in [5, 5.41) is 3.70. The van der Waals surface area contributed by atoms with E-state index >= 15 is 0 Å². The van der Waals surface area contributed by atoms with Crippen LogP contribution < -0.4 is 20.3 Å². The number of aromatic nitrogens is 1. The van der Waals surface area contributed by atoms with Crippen LogP contribution in [0.2, 0.25) is 0 Å². The highest BCUT2D eigenvalue weighted by Crippen LogP contribution is 2.41. The van der Waals surface area contributed by atoms with E-state index in [2.05, 4.69) is 5.32 Å². The van der Waals surface area contributed by atoms with Gasteiger partial charge in [0.25, 0.3) is 5.56 Å². The third-order valence-electron chi connectivity index (χ3n) is 6.32. The maximum absolute atomic E-state index is 13.9. The molecule has 2 unspecified atom stereocenters. The van der Waals surface area contributed by atoms with Gasteiger partial charge in [-0.2, -0.15) is 0 Å². The van der Waals surface area contributed by atoms with E-state index in [1.807, 2.05) is 31.1 Å². The van der Waals surface area contributed by atoms with Gasteiger partial charge in [0, 0.05) is 48.4 Å². The molecule has 1 aromatic carbocycles. The van der Waals surface area contributed by atoms with Gasteiger partial charge in [0.05, 0.1) is 18.5 Å². The van der Waals surface area contributed by atoms with E-state index in [9.17, 15) is 9.59 Å². The predicted molar refractivity (Wildman–Crippen MR) is 130 cm³/mol. The topological polar surface area (TPSA) is 104 Å². The summed E-state index contributed by atoms with van der Waals surface area (Å²) in [4.78, 5) is 32.8. The van der Waals surface area contributed by atoms with Crippen molar-refractivity contribution in [3.05, 3.63) is 57.4 Å². The number of nitrogens with one attached hydrogen (secondary N) is 1. The lowest BCUT2D eigenvalue weighted by Crippen LogP contribution is -2.35. The monoisotopic (exact) mass is 480 g/mol. The van der Waals surface area contributed by atoms with Crippen LogP contribution in [0, 0.1) is 0 Å². The Bertz CT molecular complexity index is 1340. The molecule has 1 fully saturated rings. The number of fused-ring (bicyclic) bond motifs is 6. The molecule has 10 nitrogen and oxygen atoms in total. The number of amides is 1. The van der Waals surface area contributed by atoms with Crippen molar-refractivity contribution < 1.29 is 23.7 Å². The first-order valence-electron chi connectivity index (χ1n) is 11.5. The van der Waals surface area contributed by atoms with Gasteiger partial charge in [0.2, 0.25) is 6.79 Å². The van der Waals surface area contributed by atoms with Crippen LogP contribution >= 0.6 is 0 Å². The number of pyridine rings is 1. The van der Waals surface area contributed by atoms with Crippen molar-refractivity contribution in [1.82, 2.24) is 14.8 Å². The first-order valence-corrected chi connectivity index (χ1v) is 11.5. The number of aliphatic imine (C=N–C) groups is 1. The van der Waals surface area contributed by atoms with Crippen LogP contribution in [-0.2, 0) is 16.0 Å². The number of rotatable bonds is 6. The van der Waals surface area contributed by atoms with Crippen LogP contribution in [0.3, 0.4) is 0 Å². The molecule has 1 aromatic heterocycles. The zero-order valence-electron chi connectivity index (χ0n) is 20.2. The minimum Gasteiger partial charge on any atom is -0.493 e. The lowest BCUT2D eigenvalue weighted by atomic mass is 9.84. The maximum atomic E-state index is 13.9. The molecule has 5 rings (SSSR count). The summed E-state index contributed by atoms with van der Waals surface area (Å²) in [6.07, 6.45) is 5.13. The van der Waals surface area contributed by atoms with Crippen LogP contribution in [0.4, 0.5) is 4.79 Å². The molecule has 0 bridgehead atoms. The second-order valence-electron chi connectivity index (χ2n) is 8.79. The minimum atomic E-state index is -0.615. The molecule has 2 atom stereocenters. The summed E-state index contributed by atoms with van der Waals surface area (Å²) in [5.74, 6) is 1.69. The summed E-state index contributed by atoms with van der Waals surface area (Å²) in [6.45, 7) is 3.53. The Morgan fingerprint density at radius 2 is 1.94 bits per heavy atom. The SMILES string of the molecule is CCNC(=O)Oc1cc2c(=O)n(CCN(C)C)c3c(c2cc1OC)C=NC1C=C2OCOC2=CC31. The molecule has 2 aromatic rings. The van der Waals surface area contributed by atoms with Gasteiger partial charge in [0.15, 0.2) is 23.0 Å². The number of hydrogen-bond acceptors (Lipinski definition) is 8. The maximum Gasteiger partial charge on any atom is 0.412 e. The van der Waals surface area contributed by atoms with Crippen LogP contribution in [0.15, 0.2) is 45.6 Å². The molecule has 10 heteroatoms. The molecule has 35 heavy (non-hydrogen) atoms. The molecule has 1 N–H and O–H groups in total. The summed E-state index contributed by atoms with van der Waals surface area (Å²) < 4.78 is 23.9. The third-order valence-corrected chi connectivity index (χ3v) is 6.32. The van der Waals surface area contributed by atoms with Crippen molar-refractivity contribution in [3.8, 4) is 11.5 Å². The van der Waals surface area contributed by atoms with E-state index in [4.69, 9.17) is 23.9 Å². The molecule has 0 saturated carbocycles. The summed E-state index contributed by atoms with van der Waals surface area (Å²) >= 11 is 0. The zero-order chi connectivity index (χ0) is 24.7. The summed E-state index contributed by atoms with van der Waals surface area (Å²) in [7, 11) is 5.43. The van der Waals surface area contributed by atoms with Crippen LogP contribution in [-0.4, -0.2) is 68.9 Å². The number of likely N-dealkylation sites (N-methyl/N-ethyl adjacent to an activating group) is 1. The highest BCUT2D eigenvalue weighted by atomic mass is 16.7. The number of nitrogens with zero attached hydrogens (tertiary/aromatic N) is 3. The molecule has 1 aliphatic carbocycles. The zero-order valence-corrected chi connectivity index (χ0v) is 20.2. The Labute approximate surface area is 202 Å². The first-order chi connectivity index (χ1) is 16.9. The molecule has 3 aliphatic rings. The summed E-state index contributed by atoms with van der Waals surface area (Å²) in [6, 6.07) is 3.11. The van der Waals surface area contributed by atoms with Crippen molar-refractivity contribution in [2.75, 3.05) is 41.1 Å². The molecule has 1 saturated heterocycles. The van der Waals surface area contributed by atoms with Crippen LogP contribution in [0.25, 0.3) is 10.8 Å². The van der Waals surface area contributed by atoms with Crippen LogP contribution in [0.5, 0.6) is 11.5 Å². The number of benzene rings is 1. The van der Waals surface area contributed by atoms with Gasteiger partial charge in [-0.15, -0.1) is 0 Å². The predicted octanol–water partition coefficient (Wildman–Crippen LogP) is 2.35. The van der Waals surface area contributed by atoms with E-state index in [1.165, 1.54) is 7.11 Å². The standard InChI is InChI=1S/C25H28N4O6/c1-5-26-25(31)35-22-9-15-14(8-19(22)32-4)17-12-27-18-11-21-20(33-13-34-21)10-16(18)23(17)29(24(15)30)7-6-28(2)3/h8-12,16,18H,5-7,13H2,1-4H3,(H,26,31). The molecule has 0 spiro atoms. The molecule has 184 valence electrons. The molecular formula is C25H28N4O6. The quantitative estimate of drug-likeness (QED) is 0.677. The van der Waals surface area contributed by atoms with E-state index in [-0.39, 0.29) is 30.1 Å². The number of carbonyl (C=O) groups is 1. The second-order valence-corrected chi connectivity index (χ2v) is 8.79. The van der Waals surface area contributed by atoms with Crippen molar-refractivity contribution in [3.63, 3.8) is 0 Å². The van der Waals surface area contributed by atoms with Gasteiger partial charge in [-0.05, 0) is 45.3 Å². The molecule has 2 aliphatic heterocycles. The number of carbonyl (C=O) groups excluding carboxylic acids is 1. The highest BCUT2D eigenvalue weighted by molar-refractivity contribution is 6.03. The van der Waals surface area contributed by atoms with Gasteiger partial charge in [-0.25, -0.2) is 4.79 Å². The molecule has 1 amide bonds. The first kappa shape index (κ1) is 23.0. The van der Waals surface area contributed by atoms with E-state index in [1.54, 1.807) is 29.8 Å². The second kappa shape index (κ2) is 9.10. The fraction of sp³-hybridized carbons (Fsp3) is 0.400. The molecule has 0 radical (unpaired) electrons. The minimum absolute atomic E-state index is 0.171. The van der Waals surface area contributed by atoms with Gasteiger partial charge in [-0.1, -0.05) is 0 Å². The summed E-state index contributed by atoms with van der Waals surface area (Å²) in [5.41, 5.74) is 1.52. The fourth-order valence-corrected chi connectivity index (χ4v) is 4.65. The Balaban J connectivity index is 1.73. The van der Waals surface area contributed by atoms with E-state index in [0.717, 1.165) is 11.3 Å². The lowest BCUT2D eigenvalue weighted by molar-refractivity contribution is 0.0977. The van der Waals surface area contributed by atoms with Crippen LogP contribution in [0.1, 0.15) is 24.1 Å². The normalized spacial score (nSPS) is 19.7. The van der Waals surface area contributed by atoms with Gasteiger partial charge in [-0.3, -0.25) is 9.79 Å². The number of methoxy groups -OCH3 is 1. The van der Waals surface area contributed by atoms with Crippen molar-refractivity contribution in [1.29, 1.82) is 0 Å².